The van der Waals surface area contributed by atoms with Crippen molar-refractivity contribution in [3.8, 4) is 0 Å². The fraction of sp³-hybridized carbons (Fsp3) is 0.429. The van der Waals surface area contributed by atoms with Crippen molar-refractivity contribution in [2.45, 2.75) is 12.8 Å². The van der Waals surface area contributed by atoms with E-state index in [0.717, 1.165) is 36.8 Å². The molecule has 4 nitrogen and oxygen atoms in total. The molecule has 1 unspecified atom stereocenters. The molecule has 0 saturated carbocycles. The van der Waals surface area contributed by atoms with E-state index in [1.165, 1.54) is 5.69 Å². The number of hydrogen-bond donors (Lipinski definition) is 1. The minimum Gasteiger partial charge on any atom is -0.396 e. The molecule has 1 saturated heterocycles. The number of aromatic nitrogens is 2. The lowest BCUT2D eigenvalue weighted by Crippen LogP contribution is -2.20. The Morgan fingerprint density at radius 3 is 3.11 bits per heavy atom. The molecule has 4 heteroatoms. The van der Waals surface area contributed by atoms with Crippen LogP contribution in [0.15, 0.2) is 30.5 Å². The van der Waals surface area contributed by atoms with Crippen molar-refractivity contribution in [3.63, 3.8) is 0 Å². The van der Waals surface area contributed by atoms with E-state index in [1.54, 1.807) is 0 Å². The number of fused-ring (bicyclic) bond motifs is 1. The van der Waals surface area contributed by atoms with E-state index in [2.05, 4.69) is 21.2 Å². The summed E-state index contributed by atoms with van der Waals surface area (Å²) in [6, 6.07) is 8.11. The van der Waals surface area contributed by atoms with Crippen LogP contribution in [-0.2, 0) is 0 Å². The first kappa shape index (κ1) is 11.4. The highest BCUT2D eigenvalue weighted by Gasteiger charge is 2.23. The summed E-state index contributed by atoms with van der Waals surface area (Å²) >= 11 is 0. The van der Waals surface area contributed by atoms with Crippen LogP contribution in [0.5, 0.6) is 0 Å². The minimum absolute atomic E-state index is 0.286. The summed E-state index contributed by atoms with van der Waals surface area (Å²) in [6.45, 7) is 2.34. The molecule has 1 atom stereocenters. The highest BCUT2D eigenvalue weighted by atomic mass is 16.3. The third-order valence-corrected chi connectivity index (χ3v) is 3.69. The van der Waals surface area contributed by atoms with E-state index in [-0.39, 0.29) is 6.61 Å². The van der Waals surface area contributed by atoms with Gasteiger partial charge in [-0.05, 0) is 24.8 Å². The Labute approximate surface area is 106 Å². The largest absolute Gasteiger partial charge is 0.396 e. The number of hydrogen-bond acceptors (Lipinski definition) is 4. The highest BCUT2D eigenvalue weighted by molar-refractivity contribution is 5.90. The van der Waals surface area contributed by atoms with Gasteiger partial charge in [-0.25, -0.2) is 0 Å². The Balaban J connectivity index is 1.91. The average molecular weight is 243 g/mol. The molecular weight excluding hydrogens is 226 g/mol. The molecule has 1 aliphatic rings. The zero-order valence-electron chi connectivity index (χ0n) is 10.3. The van der Waals surface area contributed by atoms with Crippen molar-refractivity contribution in [2.75, 3.05) is 24.6 Å². The second-order valence-corrected chi connectivity index (χ2v) is 4.86. The second-order valence-electron chi connectivity index (χ2n) is 4.86. The summed E-state index contributed by atoms with van der Waals surface area (Å²) < 4.78 is 0. The van der Waals surface area contributed by atoms with Crippen LogP contribution < -0.4 is 4.90 Å². The minimum atomic E-state index is 0.286. The molecule has 1 fully saturated rings. The predicted molar refractivity (Wildman–Crippen MR) is 71.6 cm³/mol. The Bertz CT molecular complexity index is 538. The molecular formula is C14H17N3O. The van der Waals surface area contributed by atoms with Crippen LogP contribution in [0.3, 0.4) is 0 Å². The fourth-order valence-corrected chi connectivity index (χ4v) is 2.71. The van der Waals surface area contributed by atoms with Crippen LogP contribution in [0.4, 0.5) is 5.69 Å². The third kappa shape index (κ3) is 2.04. The number of benzene rings is 1. The number of anilines is 1. The van der Waals surface area contributed by atoms with Crippen molar-refractivity contribution in [1.82, 2.24) is 10.2 Å². The molecule has 1 aromatic heterocycles. The predicted octanol–water partition coefficient (Wildman–Crippen LogP) is 1.84. The van der Waals surface area contributed by atoms with Gasteiger partial charge >= 0.3 is 0 Å². The van der Waals surface area contributed by atoms with Gasteiger partial charge in [-0.15, -0.1) is 0 Å². The first-order valence-electron chi connectivity index (χ1n) is 6.44. The lowest BCUT2D eigenvalue weighted by molar-refractivity contribution is 0.263. The summed E-state index contributed by atoms with van der Waals surface area (Å²) in [6.07, 6.45) is 3.90. The molecule has 1 N–H and O–H groups in total. The zero-order valence-corrected chi connectivity index (χ0v) is 10.3. The zero-order chi connectivity index (χ0) is 12.4. The normalized spacial score (nSPS) is 19.6. The van der Waals surface area contributed by atoms with Crippen LogP contribution in [-0.4, -0.2) is 35.0 Å². The van der Waals surface area contributed by atoms with Crippen LogP contribution in [0.1, 0.15) is 12.8 Å². The summed E-state index contributed by atoms with van der Waals surface area (Å²) in [5.74, 6) is 0.599. The fourth-order valence-electron chi connectivity index (χ4n) is 2.71. The Hall–Kier alpha value is -1.68. The summed E-state index contributed by atoms with van der Waals surface area (Å²) in [4.78, 5) is 2.36. The third-order valence-electron chi connectivity index (χ3n) is 3.69. The molecule has 18 heavy (non-hydrogen) atoms. The van der Waals surface area contributed by atoms with Crippen molar-refractivity contribution in [3.05, 3.63) is 30.5 Å². The Kier molecular flexibility index (Phi) is 3.11. The molecule has 3 rings (SSSR count). The first-order valence-corrected chi connectivity index (χ1v) is 6.44. The number of nitrogens with zero attached hydrogens (tertiary/aromatic N) is 3. The average Bonchev–Trinajstić information content (AvgIpc) is 2.87. The summed E-state index contributed by atoms with van der Waals surface area (Å²) in [5, 5.41) is 18.4. The van der Waals surface area contributed by atoms with Gasteiger partial charge in [0.15, 0.2) is 0 Å². The topological polar surface area (TPSA) is 49.2 Å². The van der Waals surface area contributed by atoms with E-state index in [1.807, 2.05) is 24.4 Å². The lowest BCUT2D eigenvalue weighted by atomic mass is 10.1. The summed E-state index contributed by atoms with van der Waals surface area (Å²) in [5.41, 5.74) is 2.11. The van der Waals surface area contributed by atoms with E-state index in [0.29, 0.717) is 5.92 Å². The van der Waals surface area contributed by atoms with E-state index in [4.69, 9.17) is 5.11 Å². The van der Waals surface area contributed by atoms with Gasteiger partial charge < -0.3 is 10.0 Å². The van der Waals surface area contributed by atoms with Crippen LogP contribution in [0.2, 0.25) is 0 Å². The molecule has 0 spiro atoms. The van der Waals surface area contributed by atoms with Gasteiger partial charge in [0.1, 0.15) is 0 Å². The van der Waals surface area contributed by atoms with Crippen LogP contribution >= 0.6 is 0 Å². The monoisotopic (exact) mass is 243 g/mol. The summed E-state index contributed by atoms with van der Waals surface area (Å²) in [7, 11) is 0. The first-order chi connectivity index (χ1) is 8.88. The molecule has 1 aromatic carbocycles. The van der Waals surface area contributed by atoms with Crippen molar-refractivity contribution >= 4 is 16.6 Å². The second kappa shape index (κ2) is 4.90. The smallest absolute Gasteiger partial charge is 0.0950 e. The van der Waals surface area contributed by atoms with Crippen LogP contribution in [0, 0.1) is 5.92 Å². The molecule has 2 aromatic rings. The molecule has 0 bridgehead atoms. The molecule has 94 valence electrons. The molecule has 0 aliphatic carbocycles. The highest BCUT2D eigenvalue weighted by Crippen LogP contribution is 2.29. The van der Waals surface area contributed by atoms with Gasteiger partial charge in [0.25, 0.3) is 0 Å². The molecule has 0 amide bonds. The van der Waals surface area contributed by atoms with Gasteiger partial charge in [0, 0.05) is 25.1 Å². The number of aliphatic hydroxyl groups is 1. The Morgan fingerprint density at radius 1 is 1.33 bits per heavy atom. The number of rotatable bonds is 3. The molecule has 0 radical (unpaired) electrons. The van der Waals surface area contributed by atoms with Crippen LogP contribution in [0.25, 0.3) is 10.9 Å². The molecule has 2 heterocycles. The van der Waals surface area contributed by atoms with Crippen molar-refractivity contribution < 1.29 is 5.11 Å². The van der Waals surface area contributed by atoms with E-state index in [9.17, 15) is 0 Å². The van der Waals surface area contributed by atoms with Gasteiger partial charge in [-0.3, -0.25) is 0 Å². The Morgan fingerprint density at radius 2 is 2.22 bits per heavy atom. The molecule has 1 aliphatic heterocycles. The van der Waals surface area contributed by atoms with E-state index < -0.39 is 0 Å². The SMILES string of the molecule is OCCC1CCN(c2cnnc3ccccc23)C1. The maximum atomic E-state index is 9.01. The van der Waals surface area contributed by atoms with Gasteiger partial charge in [-0.1, -0.05) is 18.2 Å². The van der Waals surface area contributed by atoms with E-state index >= 15 is 0 Å². The lowest BCUT2D eigenvalue weighted by Gasteiger charge is -2.19. The van der Waals surface area contributed by atoms with Gasteiger partial charge in [0.05, 0.1) is 17.4 Å². The van der Waals surface area contributed by atoms with Gasteiger partial charge in [-0.2, -0.15) is 10.2 Å². The maximum absolute atomic E-state index is 9.01. The number of aliphatic hydroxyl groups excluding tert-OH is 1. The maximum Gasteiger partial charge on any atom is 0.0950 e. The van der Waals surface area contributed by atoms with Gasteiger partial charge in [0.2, 0.25) is 0 Å². The van der Waals surface area contributed by atoms with Crippen molar-refractivity contribution in [2.24, 2.45) is 5.92 Å². The van der Waals surface area contributed by atoms with Crippen molar-refractivity contribution in [1.29, 1.82) is 0 Å². The standard InChI is InChI=1S/C14H17N3O/c18-8-6-11-5-7-17(10-11)14-9-15-16-13-4-2-1-3-12(13)14/h1-4,9,11,18H,5-8,10H2. The quantitative estimate of drug-likeness (QED) is 0.893.